The van der Waals surface area contributed by atoms with Gasteiger partial charge in [0.05, 0.1) is 13.2 Å². The van der Waals surface area contributed by atoms with Crippen molar-refractivity contribution in [2.75, 3.05) is 44.7 Å². The van der Waals surface area contributed by atoms with Crippen LogP contribution in [0.1, 0.15) is 0 Å². The van der Waals surface area contributed by atoms with Crippen LogP contribution in [0.3, 0.4) is 0 Å². The third-order valence-corrected chi connectivity index (χ3v) is 2.94. The normalized spacial score (nSPS) is 16.6. The van der Waals surface area contributed by atoms with E-state index in [1.165, 1.54) is 12.1 Å². The molecule has 1 saturated heterocycles. The summed E-state index contributed by atoms with van der Waals surface area (Å²) in [7, 11) is 0. The molecular formula is C13H18F2N2O2. The summed E-state index contributed by atoms with van der Waals surface area (Å²) in [5, 5.41) is 3.25. The lowest BCUT2D eigenvalue weighted by atomic mass is 10.3. The lowest BCUT2D eigenvalue weighted by Gasteiger charge is -2.26. The summed E-state index contributed by atoms with van der Waals surface area (Å²) in [6.07, 6.45) is 0. The molecule has 2 rings (SSSR count). The number of nitrogens with zero attached hydrogens (tertiary/aromatic N) is 1. The van der Waals surface area contributed by atoms with Gasteiger partial charge in [0.25, 0.3) is 0 Å². The highest BCUT2D eigenvalue weighted by atomic mass is 19.3. The van der Waals surface area contributed by atoms with Gasteiger partial charge in [-0.15, -0.1) is 0 Å². The van der Waals surface area contributed by atoms with Crippen molar-refractivity contribution in [2.24, 2.45) is 0 Å². The molecule has 4 nitrogen and oxygen atoms in total. The smallest absolute Gasteiger partial charge is 0.387 e. The highest BCUT2D eigenvalue weighted by molar-refractivity contribution is 5.46. The van der Waals surface area contributed by atoms with E-state index in [4.69, 9.17) is 4.74 Å². The van der Waals surface area contributed by atoms with Crippen LogP contribution in [0.25, 0.3) is 0 Å². The lowest BCUT2D eigenvalue weighted by Crippen LogP contribution is -2.38. The highest BCUT2D eigenvalue weighted by Crippen LogP contribution is 2.17. The fraction of sp³-hybridized carbons (Fsp3) is 0.538. The Kier molecular flexibility index (Phi) is 5.35. The molecule has 0 radical (unpaired) electrons. The molecule has 0 saturated carbocycles. The summed E-state index contributed by atoms with van der Waals surface area (Å²) in [5.41, 5.74) is 0.898. The van der Waals surface area contributed by atoms with Gasteiger partial charge in [0.2, 0.25) is 0 Å². The summed E-state index contributed by atoms with van der Waals surface area (Å²) >= 11 is 0. The van der Waals surface area contributed by atoms with E-state index in [0.29, 0.717) is 0 Å². The van der Waals surface area contributed by atoms with Gasteiger partial charge in [-0.05, 0) is 24.3 Å². The van der Waals surface area contributed by atoms with Crippen molar-refractivity contribution in [3.05, 3.63) is 24.3 Å². The molecular weight excluding hydrogens is 254 g/mol. The summed E-state index contributed by atoms with van der Waals surface area (Å²) in [6, 6.07) is 6.53. The molecule has 0 atom stereocenters. The second-order valence-corrected chi connectivity index (χ2v) is 4.28. The molecule has 1 aliphatic rings. The molecule has 0 aliphatic carbocycles. The molecule has 0 spiro atoms. The van der Waals surface area contributed by atoms with Crippen LogP contribution >= 0.6 is 0 Å². The number of benzene rings is 1. The standard InChI is InChI=1S/C13H18F2N2O2/c14-13(15)19-12-3-1-11(2-4-12)16-5-6-17-7-9-18-10-8-17/h1-4,13,16H,5-10H2. The first-order valence-corrected chi connectivity index (χ1v) is 6.33. The SMILES string of the molecule is FC(F)Oc1ccc(NCCN2CCOCC2)cc1. The van der Waals surface area contributed by atoms with Gasteiger partial charge in [-0.3, -0.25) is 4.90 Å². The van der Waals surface area contributed by atoms with E-state index in [9.17, 15) is 8.78 Å². The van der Waals surface area contributed by atoms with Gasteiger partial charge in [0.1, 0.15) is 5.75 Å². The van der Waals surface area contributed by atoms with E-state index >= 15 is 0 Å². The first-order chi connectivity index (χ1) is 9.24. The minimum atomic E-state index is -2.78. The van der Waals surface area contributed by atoms with Crippen molar-refractivity contribution in [3.63, 3.8) is 0 Å². The number of hydrogen-bond acceptors (Lipinski definition) is 4. The van der Waals surface area contributed by atoms with E-state index in [2.05, 4.69) is 15.0 Å². The van der Waals surface area contributed by atoms with Gasteiger partial charge in [0, 0.05) is 31.9 Å². The molecule has 19 heavy (non-hydrogen) atoms. The van der Waals surface area contributed by atoms with E-state index < -0.39 is 6.61 Å². The van der Waals surface area contributed by atoms with Crippen LogP contribution < -0.4 is 10.1 Å². The predicted molar refractivity (Wildman–Crippen MR) is 68.8 cm³/mol. The highest BCUT2D eigenvalue weighted by Gasteiger charge is 2.09. The molecule has 106 valence electrons. The Hall–Kier alpha value is -1.40. The molecule has 0 aromatic heterocycles. The lowest BCUT2D eigenvalue weighted by molar-refractivity contribution is -0.0498. The van der Waals surface area contributed by atoms with Gasteiger partial charge in [-0.1, -0.05) is 0 Å². The second-order valence-electron chi connectivity index (χ2n) is 4.28. The van der Waals surface area contributed by atoms with E-state index in [1.807, 2.05) is 0 Å². The Bertz CT molecular complexity index is 367. The number of ether oxygens (including phenoxy) is 2. The van der Waals surface area contributed by atoms with Gasteiger partial charge in [-0.25, -0.2) is 0 Å². The number of alkyl halides is 2. The van der Waals surface area contributed by atoms with Crippen LogP contribution in [0.5, 0.6) is 5.75 Å². The molecule has 0 unspecified atom stereocenters. The summed E-state index contributed by atoms with van der Waals surface area (Å²) in [5.74, 6) is 0.175. The molecule has 0 bridgehead atoms. The van der Waals surface area contributed by atoms with Gasteiger partial charge in [-0.2, -0.15) is 8.78 Å². The summed E-state index contributed by atoms with van der Waals surface area (Å²) < 4.78 is 33.5. The monoisotopic (exact) mass is 272 g/mol. The average molecular weight is 272 g/mol. The van der Waals surface area contributed by atoms with Crippen LogP contribution in [0, 0.1) is 0 Å². The summed E-state index contributed by atoms with van der Waals surface area (Å²) in [6.45, 7) is 2.48. The maximum absolute atomic E-state index is 12.0. The van der Waals surface area contributed by atoms with Crippen LogP contribution in [0.4, 0.5) is 14.5 Å². The first-order valence-electron chi connectivity index (χ1n) is 6.33. The topological polar surface area (TPSA) is 33.7 Å². The Morgan fingerprint density at radius 3 is 2.53 bits per heavy atom. The number of rotatable bonds is 6. The average Bonchev–Trinajstić information content (AvgIpc) is 2.41. The zero-order valence-corrected chi connectivity index (χ0v) is 10.6. The van der Waals surface area contributed by atoms with Crippen molar-refractivity contribution >= 4 is 5.69 Å². The molecule has 1 aromatic rings. The molecule has 1 heterocycles. The number of anilines is 1. The molecule has 6 heteroatoms. The zero-order valence-electron chi connectivity index (χ0n) is 10.6. The van der Waals surface area contributed by atoms with Crippen molar-refractivity contribution in [1.29, 1.82) is 0 Å². The van der Waals surface area contributed by atoms with Crippen molar-refractivity contribution in [1.82, 2.24) is 4.90 Å². The van der Waals surface area contributed by atoms with Crippen LogP contribution in [-0.4, -0.2) is 50.9 Å². The largest absolute Gasteiger partial charge is 0.435 e. The third-order valence-electron chi connectivity index (χ3n) is 2.94. The Morgan fingerprint density at radius 1 is 1.21 bits per heavy atom. The Labute approximate surface area is 111 Å². The van der Waals surface area contributed by atoms with Crippen molar-refractivity contribution in [3.8, 4) is 5.75 Å². The minimum Gasteiger partial charge on any atom is -0.435 e. The quantitative estimate of drug-likeness (QED) is 0.859. The zero-order chi connectivity index (χ0) is 13.5. The fourth-order valence-electron chi connectivity index (χ4n) is 1.94. The predicted octanol–water partition coefficient (Wildman–Crippen LogP) is 2.03. The Balaban J connectivity index is 1.70. The van der Waals surface area contributed by atoms with Crippen molar-refractivity contribution < 1.29 is 18.3 Å². The summed E-state index contributed by atoms with van der Waals surface area (Å²) in [4.78, 5) is 2.32. The maximum atomic E-state index is 12.0. The first kappa shape index (κ1) is 14.0. The van der Waals surface area contributed by atoms with Crippen molar-refractivity contribution in [2.45, 2.75) is 6.61 Å². The van der Waals surface area contributed by atoms with Crippen LogP contribution in [-0.2, 0) is 4.74 Å². The minimum absolute atomic E-state index is 0.175. The molecule has 1 N–H and O–H groups in total. The van der Waals surface area contributed by atoms with Gasteiger partial charge >= 0.3 is 6.61 Å². The molecule has 0 amide bonds. The van der Waals surface area contributed by atoms with Crippen LogP contribution in [0.15, 0.2) is 24.3 Å². The van der Waals surface area contributed by atoms with Gasteiger partial charge < -0.3 is 14.8 Å². The number of halogens is 2. The van der Waals surface area contributed by atoms with Gasteiger partial charge in [0.15, 0.2) is 0 Å². The van der Waals surface area contributed by atoms with E-state index in [1.54, 1.807) is 12.1 Å². The molecule has 1 aliphatic heterocycles. The molecule has 1 aromatic carbocycles. The van der Waals surface area contributed by atoms with Crippen LogP contribution in [0.2, 0.25) is 0 Å². The van der Waals surface area contributed by atoms with E-state index in [0.717, 1.165) is 45.1 Å². The number of hydrogen-bond donors (Lipinski definition) is 1. The second kappa shape index (κ2) is 7.25. The molecule has 1 fully saturated rings. The number of nitrogens with one attached hydrogen (secondary N) is 1. The maximum Gasteiger partial charge on any atom is 0.387 e. The number of morpholine rings is 1. The Morgan fingerprint density at radius 2 is 1.89 bits per heavy atom. The van der Waals surface area contributed by atoms with E-state index in [-0.39, 0.29) is 5.75 Å². The fourth-order valence-corrected chi connectivity index (χ4v) is 1.94. The third kappa shape index (κ3) is 5.00.